The van der Waals surface area contributed by atoms with Crippen LogP contribution >= 0.6 is 15.6 Å². The Morgan fingerprint density at radius 2 is 0.628 bits per heavy atom. The van der Waals surface area contributed by atoms with Gasteiger partial charge in [0.1, 0.15) is 19.3 Å². The maximum Gasteiger partial charge on any atom is 0.472 e. The first kappa shape index (κ1) is 83.5. The Morgan fingerprint density at radius 1 is 0.360 bits per heavy atom. The lowest BCUT2D eigenvalue weighted by Gasteiger charge is -2.21. The molecule has 0 fully saturated rings. The summed E-state index contributed by atoms with van der Waals surface area (Å²) in [5.41, 5.74) is 0. The highest BCUT2D eigenvalue weighted by molar-refractivity contribution is 7.47. The van der Waals surface area contributed by atoms with Crippen molar-refractivity contribution >= 4 is 39.5 Å². The number of esters is 4. The molecule has 0 amide bonds. The number of carbonyl (C=O) groups excluding carboxylic acids is 4. The van der Waals surface area contributed by atoms with Gasteiger partial charge in [0, 0.05) is 25.7 Å². The molecule has 0 saturated heterocycles. The molecule has 0 aromatic carbocycles. The first-order chi connectivity index (χ1) is 41.5. The van der Waals surface area contributed by atoms with Gasteiger partial charge in [0.25, 0.3) is 0 Å². The predicted molar refractivity (Wildman–Crippen MR) is 344 cm³/mol. The number of aliphatic hydroxyl groups is 1. The van der Waals surface area contributed by atoms with Gasteiger partial charge in [0.05, 0.1) is 26.4 Å². The van der Waals surface area contributed by atoms with Crippen LogP contribution in [0.2, 0.25) is 0 Å². The van der Waals surface area contributed by atoms with Gasteiger partial charge < -0.3 is 33.8 Å². The van der Waals surface area contributed by atoms with Gasteiger partial charge in [-0.25, -0.2) is 9.13 Å². The van der Waals surface area contributed by atoms with Crippen LogP contribution in [0.3, 0.4) is 0 Å². The van der Waals surface area contributed by atoms with E-state index in [9.17, 15) is 43.2 Å². The van der Waals surface area contributed by atoms with E-state index in [1.807, 2.05) is 0 Å². The van der Waals surface area contributed by atoms with Crippen molar-refractivity contribution in [3.8, 4) is 0 Å². The minimum absolute atomic E-state index is 0.100. The van der Waals surface area contributed by atoms with Crippen LogP contribution in [0.15, 0.2) is 24.3 Å². The molecule has 0 aromatic rings. The molecule has 3 N–H and O–H groups in total. The highest BCUT2D eigenvalue weighted by Crippen LogP contribution is 2.45. The second-order valence-electron chi connectivity index (χ2n) is 24.0. The Morgan fingerprint density at radius 3 is 0.953 bits per heavy atom. The molecule has 5 atom stereocenters. The highest BCUT2D eigenvalue weighted by Gasteiger charge is 2.30. The smallest absolute Gasteiger partial charge is 0.462 e. The normalized spacial score (nSPS) is 14.3. The fourth-order valence-electron chi connectivity index (χ4n) is 9.57. The van der Waals surface area contributed by atoms with Crippen molar-refractivity contribution in [3.63, 3.8) is 0 Å². The lowest BCUT2D eigenvalue weighted by atomic mass is 10.0. The minimum atomic E-state index is -4.95. The predicted octanol–water partition coefficient (Wildman–Crippen LogP) is 18.5. The third kappa shape index (κ3) is 60.5. The molecule has 0 aromatic heterocycles. The minimum Gasteiger partial charge on any atom is -0.462 e. The number of carbonyl (C=O) groups is 4. The van der Waals surface area contributed by atoms with Crippen molar-refractivity contribution in [1.29, 1.82) is 0 Å². The number of phosphoric ester groups is 2. The maximum absolute atomic E-state index is 13.0. The van der Waals surface area contributed by atoms with Crippen molar-refractivity contribution in [2.75, 3.05) is 39.6 Å². The lowest BCUT2D eigenvalue weighted by molar-refractivity contribution is -0.161. The summed E-state index contributed by atoms with van der Waals surface area (Å²) in [7, 11) is -9.89. The van der Waals surface area contributed by atoms with Gasteiger partial charge in [-0.05, 0) is 57.3 Å². The number of allylic oxidation sites excluding steroid dienone is 4. The van der Waals surface area contributed by atoms with Gasteiger partial charge in [-0.15, -0.1) is 0 Å². The number of ether oxygens (including phenoxy) is 4. The van der Waals surface area contributed by atoms with E-state index in [1.165, 1.54) is 116 Å². The first-order valence-electron chi connectivity index (χ1n) is 34.5. The molecular formula is C67H126O17P2. The van der Waals surface area contributed by atoms with Crippen molar-refractivity contribution in [2.45, 2.75) is 335 Å². The Kier molecular flexibility index (Phi) is 58.4. The van der Waals surface area contributed by atoms with Crippen molar-refractivity contribution < 1.29 is 80.2 Å². The summed E-state index contributed by atoms with van der Waals surface area (Å²) in [4.78, 5) is 72.1. The maximum atomic E-state index is 13.0. The zero-order valence-corrected chi connectivity index (χ0v) is 56.7. The molecule has 506 valence electrons. The van der Waals surface area contributed by atoms with Gasteiger partial charge >= 0.3 is 39.5 Å². The Hall–Kier alpha value is -2.46. The molecule has 0 aliphatic carbocycles. The zero-order chi connectivity index (χ0) is 63.5. The third-order valence-electron chi connectivity index (χ3n) is 14.9. The number of rotatable bonds is 65. The number of unbranched alkanes of at least 4 members (excludes halogenated alkanes) is 34. The Labute approximate surface area is 522 Å². The van der Waals surface area contributed by atoms with Gasteiger partial charge in [-0.1, -0.05) is 264 Å². The fraction of sp³-hybridized carbons (Fsp3) is 0.881. The standard InChI is InChI=1S/C67H126O17P2/c1-6-9-12-15-17-19-21-23-25-27-29-31-33-37-42-47-52-66(71)84-63(57-78-65(70)51-46-41-36-32-30-28-26-24-22-20-18-16-13-10-7-2)59-82-86(75,76)80-55-61(68)54-79-85(73,74)81-58-62(56-77-64(69)50-45-39-14-11-8-3)83-67(72)53-48-43-38-34-35-40-44-49-60(4)5/h20,22,24,26,60-63,68H,6-19,21,23,25,27-59H2,1-5H3,(H,73,74)(H,75,76)/b22-20-,26-24-/t61-,62+,63+/m0/s1. The van der Waals surface area contributed by atoms with Gasteiger partial charge in [-0.3, -0.25) is 37.3 Å². The molecule has 0 aliphatic rings. The Balaban J connectivity index is 5.20. The van der Waals surface area contributed by atoms with Crippen LogP contribution in [0, 0.1) is 5.92 Å². The van der Waals surface area contributed by atoms with E-state index in [2.05, 4.69) is 58.9 Å². The largest absolute Gasteiger partial charge is 0.472 e. The number of hydrogen-bond donors (Lipinski definition) is 3. The van der Waals surface area contributed by atoms with E-state index in [-0.39, 0.29) is 25.7 Å². The number of phosphoric acid groups is 2. The fourth-order valence-corrected chi connectivity index (χ4v) is 11.2. The van der Waals surface area contributed by atoms with E-state index in [4.69, 9.17) is 37.0 Å². The first-order valence-corrected chi connectivity index (χ1v) is 37.4. The molecule has 0 bridgehead atoms. The second-order valence-corrected chi connectivity index (χ2v) is 26.9. The van der Waals surface area contributed by atoms with Gasteiger partial charge in [-0.2, -0.15) is 0 Å². The summed E-state index contributed by atoms with van der Waals surface area (Å²) >= 11 is 0. The molecule has 0 spiro atoms. The molecular weight excluding hydrogens is 1140 g/mol. The topological polar surface area (TPSA) is 237 Å². The summed E-state index contributed by atoms with van der Waals surface area (Å²) in [6.07, 6.45) is 48.5. The highest BCUT2D eigenvalue weighted by atomic mass is 31.2. The van der Waals surface area contributed by atoms with Gasteiger partial charge in [0.15, 0.2) is 12.2 Å². The van der Waals surface area contributed by atoms with Crippen molar-refractivity contribution in [2.24, 2.45) is 5.92 Å². The van der Waals surface area contributed by atoms with E-state index in [0.29, 0.717) is 31.6 Å². The molecule has 0 saturated carbocycles. The van der Waals surface area contributed by atoms with Crippen LogP contribution in [0.4, 0.5) is 0 Å². The molecule has 2 unspecified atom stereocenters. The van der Waals surface area contributed by atoms with E-state index >= 15 is 0 Å². The van der Waals surface area contributed by atoms with Crippen LogP contribution in [-0.4, -0.2) is 96.7 Å². The molecule has 0 radical (unpaired) electrons. The lowest BCUT2D eigenvalue weighted by Crippen LogP contribution is -2.30. The monoisotopic (exact) mass is 1260 g/mol. The number of hydrogen-bond acceptors (Lipinski definition) is 15. The van der Waals surface area contributed by atoms with E-state index < -0.39 is 97.5 Å². The Bertz CT molecular complexity index is 1760. The molecule has 0 aliphatic heterocycles. The van der Waals surface area contributed by atoms with Crippen molar-refractivity contribution in [3.05, 3.63) is 24.3 Å². The molecule has 19 heteroatoms. The summed E-state index contributed by atoms with van der Waals surface area (Å²) in [5.74, 6) is -1.48. The molecule has 0 heterocycles. The van der Waals surface area contributed by atoms with Crippen molar-refractivity contribution in [1.82, 2.24) is 0 Å². The SMILES string of the molecule is CCCCCC/C=C\C=C/CCCCCCCC(=O)OC[C@H](COP(=O)(O)OC[C@@H](O)COP(=O)(O)OC[C@@H](COC(=O)CCCCCCC)OC(=O)CCCCCCCCCC(C)C)OC(=O)CCCCCCCCCCCCCCCCCC. The van der Waals surface area contributed by atoms with Crippen LogP contribution in [-0.2, 0) is 65.4 Å². The number of aliphatic hydroxyl groups excluding tert-OH is 1. The molecule has 86 heavy (non-hydrogen) atoms. The average Bonchev–Trinajstić information content (AvgIpc) is 3.65. The average molecular weight is 1270 g/mol. The third-order valence-corrected chi connectivity index (χ3v) is 16.8. The second kappa shape index (κ2) is 60.1. The zero-order valence-electron chi connectivity index (χ0n) is 54.9. The van der Waals surface area contributed by atoms with Crippen LogP contribution in [0.5, 0.6) is 0 Å². The van der Waals surface area contributed by atoms with E-state index in [0.717, 1.165) is 116 Å². The summed E-state index contributed by atoms with van der Waals surface area (Å²) in [5, 5.41) is 10.5. The summed E-state index contributed by atoms with van der Waals surface area (Å²) in [6, 6.07) is 0. The van der Waals surface area contributed by atoms with E-state index in [1.54, 1.807) is 0 Å². The molecule has 17 nitrogen and oxygen atoms in total. The van der Waals surface area contributed by atoms with Gasteiger partial charge in [0.2, 0.25) is 0 Å². The van der Waals surface area contributed by atoms with Crippen LogP contribution in [0.25, 0.3) is 0 Å². The quantitative estimate of drug-likeness (QED) is 0.0169. The molecule has 0 rings (SSSR count). The van der Waals surface area contributed by atoms with Crippen LogP contribution in [0.1, 0.15) is 317 Å². The summed E-state index contributed by atoms with van der Waals surface area (Å²) < 4.78 is 67.9. The summed E-state index contributed by atoms with van der Waals surface area (Å²) in [6.45, 7) is 7.00. The van der Waals surface area contributed by atoms with Crippen LogP contribution < -0.4 is 0 Å².